The van der Waals surface area contributed by atoms with Crippen molar-refractivity contribution in [1.82, 2.24) is 9.88 Å². The van der Waals surface area contributed by atoms with Crippen molar-refractivity contribution in [1.29, 1.82) is 0 Å². The van der Waals surface area contributed by atoms with Crippen molar-refractivity contribution in [3.63, 3.8) is 0 Å². The lowest BCUT2D eigenvalue weighted by Crippen LogP contribution is -2.41. The molecule has 0 saturated carbocycles. The smallest absolute Gasteiger partial charge is 0.274 e. The quantitative estimate of drug-likeness (QED) is 0.570. The Morgan fingerprint density at radius 1 is 1.17 bits per heavy atom. The van der Waals surface area contributed by atoms with Gasteiger partial charge in [-0.2, -0.15) is 4.98 Å². The molecule has 0 bridgehead atoms. The minimum atomic E-state index is -0.679. The van der Waals surface area contributed by atoms with Crippen LogP contribution in [0.25, 0.3) is 10.2 Å². The molecule has 7 heteroatoms. The number of halogens is 2. The molecule has 0 spiro atoms. The van der Waals surface area contributed by atoms with Crippen LogP contribution in [-0.4, -0.2) is 35.0 Å². The number of carbonyl (C=O) groups is 1. The molecule has 1 saturated heterocycles. The van der Waals surface area contributed by atoms with Crippen LogP contribution in [-0.2, 0) is 11.2 Å². The molecule has 2 heterocycles. The van der Waals surface area contributed by atoms with Crippen LogP contribution in [0.5, 0.6) is 5.19 Å². The maximum Gasteiger partial charge on any atom is 0.274 e. The number of carbonyl (C=O) groups excluding carboxylic acids is 1. The van der Waals surface area contributed by atoms with Crippen LogP contribution in [0, 0.1) is 11.6 Å². The summed E-state index contributed by atoms with van der Waals surface area (Å²) in [6.45, 7) is 1.28. The predicted molar refractivity (Wildman–Crippen MR) is 109 cm³/mol. The van der Waals surface area contributed by atoms with E-state index >= 15 is 0 Å². The number of aromatic nitrogens is 1. The van der Waals surface area contributed by atoms with E-state index in [4.69, 9.17) is 4.74 Å². The number of rotatable bonds is 6. The molecule has 3 aromatic rings. The van der Waals surface area contributed by atoms with Crippen LogP contribution in [0.4, 0.5) is 8.78 Å². The monoisotopic (exact) mass is 416 g/mol. The van der Waals surface area contributed by atoms with E-state index in [1.165, 1.54) is 11.6 Å². The fourth-order valence-corrected chi connectivity index (χ4v) is 4.52. The highest BCUT2D eigenvalue weighted by molar-refractivity contribution is 7.20. The second-order valence-corrected chi connectivity index (χ2v) is 8.24. The lowest BCUT2D eigenvalue weighted by atomic mass is 10.1. The van der Waals surface area contributed by atoms with Gasteiger partial charge in [0.2, 0.25) is 5.91 Å². The van der Waals surface area contributed by atoms with Gasteiger partial charge in [-0.3, -0.25) is 4.79 Å². The largest absolute Gasteiger partial charge is 0.467 e. The number of aryl methyl sites for hydroxylation is 1. The zero-order valence-electron chi connectivity index (χ0n) is 15.9. The topological polar surface area (TPSA) is 42.4 Å². The number of hydrogen-bond donors (Lipinski definition) is 0. The molecule has 0 aliphatic carbocycles. The first kappa shape index (κ1) is 19.8. The van der Waals surface area contributed by atoms with Gasteiger partial charge in [0.25, 0.3) is 5.19 Å². The molecule has 4 rings (SSSR count). The van der Waals surface area contributed by atoms with Crippen molar-refractivity contribution in [2.45, 2.75) is 38.2 Å². The first-order chi connectivity index (χ1) is 14.1. The number of likely N-dealkylation sites (tertiary alicyclic amines) is 1. The van der Waals surface area contributed by atoms with Crippen molar-refractivity contribution >= 4 is 27.5 Å². The van der Waals surface area contributed by atoms with Gasteiger partial charge in [0.15, 0.2) is 5.82 Å². The Labute approximate surface area is 172 Å². The number of hydrogen-bond acceptors (Lipinski definition) is 4. The Bertz CT molecular complexity index is 985. The van der Waals surface area contributed by atoms with Gasteiger partial charge in [0, 0.05) is 38.4 Å². The fraction of sp³-hybridized carbons (Fsp3) is 0.364. The van der Waals surface area contributed by atoms with Gasteiger partial charge in [-0.1, -0.05) is 41.7 Å². The van der Waals surface area contributed by atoms with E-state index in [0.717, 1.165) is 30.2 Å². The van der Waals surface area contributed by atoms with Gasteiger partial charge in [0.05, 0.1) is 4.70 Å². The Kier molecular flexibility index (Phi) is 6.04. The Balaban J connectivity index is 1.25. The molecule has 1 aliphatic rings. The molecule has 1 amide bonds. The van der Waals surface area contributed by atoms with Crippen molar-refractivity contribution in [2.75, 3.05) is 13.1 Å². The lowest BCUT2D eigenvalue weighted by Gasteiger charge is -2.31. The summed E-state index contributed by atoms with van der Waals surface area (Å²) in [5, 5.41) is 0.345. The second-order valence-electron chi connectivity index (χ2n) is 7.25. The molecule has 0 N–H and O–H groups in total. The summed E-state index contributed by atoms with van der Waals surface area (Å²) in [5.41, 5.74) is 1.39. The molecule has 1 fully saturated rings. The molecule has 152 valence electrons. The number of ether oxygens (including phenoxy) is 1. The summed E-state index contributed by atoms with van der Waals surface area (Å²) >= 11 is 1.14. The average Bonchev–Trinajstić information content (AvgIpc) is 3.12. The number of amides is 1. The number of fused-ring (bicyclic) bond motifs is 1. The molecule has 4 nitrogen and oxygen atoms in total. The fourth-order valence-electron chi connectivity index (χ4n) is 3.60. The maximum atomic E-state index is 13.8. The summed E-state index contributed by atoms with van der Waals surface area (Å²) in [5.74, 6) is -1.12. The molecule has 0 unspecified atom stereocenters. The van der Waals surface area contributed by atoms with Gasteiger partial charge >= 0.3 is 0 Å². The van der Waals surface area contributed by atoms with Crippen molar-refractivity contribution in [3.8, 4) is 5.19 Å². The van der Waals surface area contributed by atoms with E-state index in [-0.39, 0.29) is 17.5 Å². The molecular formula is C22H22F2N2O2S. The first-order valence-electron chi connectivity index (χ1n) is 9.82. The third kappa shape index (κ3) is 4.90. The SMILES string of the molecule is O=C(CCCc1ccccc1)N1CCC(Oc2nc3c(F)cc(F)cc3s2)CC1. The zero-order chi connectivity index (χ0) is 20.2. The average molecular weight is 416 g/mol. The normalized spacial score (nSPS) is 15.0. The highest BCUT2D eigenvalue weighted by Crippen LogP contribution is 2.32. The van der Waals surface area contributed by atoms with Crippen LogP contribution in [0.3, 0.4) is 0 Å². The molecule has 1 aliphatic heterocycles. The summed E-state index contributed by atoms with van der Waals surface area (Å²) in [7, 11) is 0. The van der Waals surface area contributed by atoms with E-state index in [0.29, 0.717) is 42.2 Å². The highest BCUT2D eigenvalue weighted by Gasteiger charge is 2.24. The predicted octanol–water partition coefficient (Wildman–Crippen LogP) is 4.97. The van der Waals surface area contributed by atoms with Crippen LogP contribution in [0.2, 0.25) is 0 Å². The van der Waals surface area contributed by atoms with Crippen LogP contribution in [0.1, 0.15) is 31.2 Å². The van der Waals surface area contributed by atoms with Crippen molar-refractivity contribution in [2.24, 2.45) is 0 Å². The van der Waals surface area contributed by atoms with Crippen LogP contribution >= 0.6 is 11.3 Å². The van der Waals surface area contributed by atoms with E-state index in [1.54, 1.807) is 0 Å². The zero-order valence-corrected chi connectivity index (χ0v) is 16.8. The van der Waals surface area contributed by atoms with Crippen LogP contribution < -0.4 is 4.74 Å². The van der Waals surface area contributed by atoms with E-state index in [9.17, 15) is 13.6 Å². The number of nitrogens with zero attached hydrogens (tertiary/aromatic N) is 2. The molecule has 0 atom stereocenters. The standard InChI is InChI=1S/C22H22F2N2O2S/c23-16-13-18(24)21-19(14-16)29-22(25-21)28-17-9-11-26(12-10-17)20(27)8-4-7-15-5-2-1-3-6-15/h1-3,5-6,13-14,17H,4,7-12H2. The van der Waals surface area contributed by atoms with Gasteiger partial charge in [-0.05, 0) is 24.5 Å². The summed E-state index contributed by atoms with van der Waals surface area (Å²) < 4.78 is 33.4. The molecule has 29 heavy (non-hydrogen) atoms. The number of piperidine rings is 1. The minimum Gasteiger partial charge on any atom is -0.467 e. The number of benzene rings is 2. The highest BCUT2D eigenvalue weighted by atomic mass is 32.1. The van der Waals surface area contributed by atoms with E-state index in [1.807, 2.05) is 23.1 Å². The minimum absolute atomic E-state index is 0.0724. The lowest BCUT2D eigenvalue weighted by molar-refractivity contribution is -0.133. The summed E-state index contributed by atoms with van der Waals surface area (Å²) in [6, 6.07) is 12.3. The van der Waals surface area contributed by atoms with Gasteiger partial charge < -0.3 is 9.64 Å². The van der Waals surface area contributed by atoms with E-state index in [2.05, 4.69) is 17.1 Å². The third-order valence-electron chi connectivity index (χ3n) is 5.15. The summed E-state index contributed by atoms with van der Waals surface area (Å²) in [6.07, 6.45) is 3.63. The first-order valence-corrected chi connectivity index (χ1v) is 10.6. The Morgan fingerprint density at radius 3 is 2.69 bits per heavy atom. The van der Waals surface area contributed by atoms with Crippen molar-refractivity contribution < 1.29 is 18.3 Å². The molecule has 0 radical (unpaired) electrons. The molecule has 1 aromatic heterocycles. The third-order valence-corrected chi connectivity index (χ3v) is 6.05. The molecular weight excluding hydrogens is 394 g/mol. The van der Waals surface area contributed by atoms with Gasteiger partial charge in [0.1, 0.15) is 17.4 Å². The Hall–Kier alpha value is -2.54. The van der Waals surface area contributed by atoms with Crippen molar-refractivity contribution in [3.05, 3.63) is 59.7 Å². The molecule has 2 aromatic carbocycles. The van der Waals surface area contributed by atoms with Gasteiger partial charge in [-0.15, -0.1) is 0 Å². The number of thiazole rings is 1. The Morgan fingerprint density at radius 2 is 1.93 bits per heavy atom. The van der Waals surface area contributed by atoms with Gasteiger partial charge in [-0.25, -0.2) is 8.78 Å². The van der Waals surface area contributed by atoms with E-state index < -0.39 is 11.6 Å². The van der Waals surface area contributed by atoms with Crippen LogP contribution in [0.15, 0.2) is 42.5 Å². The second kappa shape index (κ2) is 8.86. The maximum absolute atomic E-state index is 13.8. The summed E-state index contributed by atoms with van der Waals surface area (Å²) in [4.78, 5) is 18.5.